The third-order valence-corrected chi connectivity index (χ3v) is 5.18. The molecule has 0 unspecified atom stereocenters. The summed E-state index contributed by atoms with van der Waals surface area (Å²) in [6.07, 6.45) is 0.638. The molecule has 0 radical (unpaired) electrons. The van der Waals surface area contributed by atoms with E-state index in [0.717, 1.165) is 10.0 Å². The molecule has 0 aromatic heterocycles. The SMILES string of the molecule is C[C@H](C(=O)NC(C)(C)C)N(CCc1ccccc1)C(=O)COc1ccc(Br)cc1Cl. The highest BCUT2D eigenvalue weighted by molar-refractivity contribution is 9.10. The van der Waals surface area contributed by atoms with Gasteiger partial charge in [-0.1, -0.05) is 57.9 Å². The van der Waals surface area contributed by atoms with Crippen LogP contribution in [0.5, 0.6) is 5.75 Å². The van der Waals surface area contributed by atoms with Gasteiger partial charge in [0.2, 0.25) is 5.91 Å². The summed E-state index contributed by atoms with van der Waals surface area (Å²) >= 11 is 9.52. The fourth-order valence-electron chi connectivity index (χ4n) is 2.86. The molecule has 2 amide bonds. The van der Waals surface area contributed by atoms with E-state index >= 15 is 0 Å². The van der Waals surface area contributed by atoms with Gasteiger partial charge >= 0.3 is 0 Å². The summed E-state index contributed by atoms with van der Waals surface area (Å²) < 4.78 is 6.46. The zero-order chi connectivity index (χ0) is 22.3. The summed E-state index contributed by atoms with van der Waals surface area (Å²) in [6, 6.07) is 14.4. The summed E-state index contributed by atoms with van der Waals surface area (Å²) in [6.45, 7) is 7.66. The number of ether oxygens (including phenoxy) is 1. The predicted molar refractivity (Wildman–Crippen MR) is 124 cm³/mol. The molecule has 7 heteroatoms. The lowest BCUT2D eigenvalue weighted by Gasteiger charge is -2.31. The van der Waals surface area contributed by atoms with Crippen LogP contribution in [0.3, 0.4) is 0 Å². The Morgan fingerprint density at radius 1 is 1.17 bits per heavy atom. The molecule has 0 saturated carbocycles. The molecule has 1 N–H and O–H groups in total. The standard InChI is InChI=1S/C23H28BrClN2O3/c1-16(22(29)26-23(2,3)4)27(13-12-17-8-6-5-7-9-17)21(28)15-30-20-11-10-18(24)14-19(20)25/h5-11,14,16H,12-13,15H2,1-4H3,(H,26,29)/t16-/m1/s1. The van der Waals surface area contributed by atoms with Gasteiger partial charge in [0.1, 0.15) is 11.8 Å². The van der Waals surface area contributed by atoms with E-state index in [2.05, 4.69) is 21.2 Å². The molecule has 0 aliphatic heterocycles. The molecule has 0 fully saturated rings. The normalized spacial score (nSPS) is 12.2. The second-order valence-electron chi connectivity index (χ2n) is 8.10. The number of nitrogens with zero attached hydrogens (tertiary/aromatic N) is 1. The first-order valence-corrected chi connectivity index (χ1v) is 11.0. The minimum atomic E-state index is -0.635. The number of hydrogen-bond donors (Lipinski definition) is 1. The number of hydrogen-bond acceptors (Lipinski definition) is 3. The third-order valence-electron chi connectivity index (χ3n) is 4.39. The van der Waals surface area contributed by atoms with E-state index in [0.29, 0.717) is 23.7 Å². The van der Waals surface area contributed by atoms with Gasteiger partial charge in [-0.25, -0.2) is 0 Å². The second-order valence-corrected chi connectivity index (χ2v) is 9.42. The van der Waals surface area contributed by atoms with Gasteiger partial charge in [0, 0.05) is 16.6 Å². The first-order valence-electron chi connectivity index (χ1n) is 9.80. The lowest BCUT2D eigenvalue weighted by atomic mass is 10.1. The Kier molecular flexibility index (Phi) is 8.74. The largest absolute Gasteiger partial charge is 0.482 e. The second kappa shape index (κ2) is 10.8. The molecular weight excluding hydrogens is 468 g/mol. The van der Waals surface area contributed by atoms with Crippen LogP contribution in [0.4, 0.5) is 0 Å². The van der Waals surface area contributed by atoms with Gasteiger partial charge in [0.05, 0.1) is 5.02 Å². The van der Waals surface area contributed by atoms with Gasteiger partial charge in [0.25, 0.3) is 5.91 Å². The van der Waals surface area contributed by atoms with E-state index in [1.54, 1.807) is 30.0 Å². The Morgan fingerprint density at radius 2 is 1.83 bits per heavy atom. The third kappa shape index (κ3) is 7.65. The maximum atomic E-state index is 13.0. The van der Waals surface area contributed by atoms with Crippen molar-refractivity contribution in [2.45, 2.75) is 45.7 Å². The Hall–Kier alpha value is -2.05. The van der Waals surface area contributed by atoms with E-state index in [4.69, 9.17) is 16.3 Å². The first kappa shape index (κ1) is 24.2. The minimum Gasteiger partial charge on any atom is -0.482 e. The molecule has 0 aliphatic carbocycles. The van der Waals surface area contributed by atoms with E-state index in [-0.39, 0.29) is 24.0 Å². The number of amides is 2. The molecule has 0 aliphatic rings. The van der Waals surface area contributed by atoms with E-state index in [1.807, 2.05) is 51.1 Å². The lowest BCUT2D eigenvalue weighted by Crippen LogP contribution is -2.53. The molecular formula is C23H28BrClN2O3. The van der Waals surface area contributed by atoms with Crippen LogP contribution >= 0.6 is 27.5 Å². The first-order chi connectivity index (χ1) is 14.1. The molecule has 0 saturated heterocycles. The van der Waals surface area contributed by atoms with Crippen molar-refractivity contribution in [2.75, 3.05) is 13.2 Å². The van der Waals surface area contributed by atoms with Crippen molar-refractivity contribution in [2.24, 2.45) is 0 Å². The summed E-state index contributed by atoms with van der Waals surface area (Å²) in [7, 11) is 0. The van der Waals surface area contributed by atoms with Gasteiger partial charge in [-0.2, -0.15) is 0 Å². The van der Waals surface area contributed by atoms with Crippen molar-refractivity contribution in [3.05, 3.63) is 63.6 Å². The molecule has 5 nitrogen and oxygen atoms in total. The van der Waals surface area contributed by atoms with Crippen LogP contribution in [0.2, 0.25) is 5.02 Å². The highest BCUT2D eigenvalue weighted by Crippen LogP contribution is 2.27. The fraction of sp³-hybridized carbons (Fsp3) is 0.391. The lowest BCUT2D eigenvalue weighted by molar-refractivity contribution is -0.142. The average molecular weight is 496 g/mol. The van der Waals surface area contributed by atoms with Crippen molar-refractivity contribution in [1.29, 1.82) is 0 Å². The maximum absolute atomic E-state index is 13.0. The van der Waals surface area contributed by atoms with Gasteiger partial charge in [-0.15, -0.1) is 0 Å². The van der Waals surface area contributed by atoms with Crippen LogP contribution in [0.25, 0.3) is 0 Å². The number of carbonyl (C=O) groups is 2. The van der Waals surface area contributed by atoms with Crippen LogP contribution < -0.4 is 10.1 Å². The monoisotopic (exact) mass is 494 g/mol. The van der Waals surface area contributed by atoms with E-state index < -0.39 is 6.04 Å². The predicted octanol–water partition coefficient (Wildman–Crippen LogP) is 4.86. The highest BCUT2D eigenvalue weighted by atomic mass is 79.9. The topological polar surface area (TPSA) is 58.6 Å². The Labute approximate surface area is 191 Å². The smallest absolute Gasteiger partial charge is 0.261 e. The number of benzene rings is 2. The molecule has 0 heterocycles. The van der Waals surface area contributed by atoms with Crippen molar-refractivity contribution in [1.82, 2.24) is 10.2 Å². The molecule has 30 heavy (non-hydrogen) atoms. The molecule has 1 atom stereocenters. The zero-order valence-electron chi connectivity index (χ0n) is 17.7. The molecule has 0 bridgehead atoms. The summed E-state index contributed by atoms with van der Waals surface area (Å²) in [5.41, 5.74) is 0.705. The number of nitrogens with one attached hydrogen (secondary N) is 1. The van der Waals surface area contributed by atoms with E-state index in [1.165, 1.54) is 0 Å². The van der Waals surface area contributed by atoms with Gasteiger partial charge in [-0.3, -0.25) is 9.59 Å². The Bertz CT molecular complexity index is 868. The van der Waals surface area contributed by atoms with Gasteiger partial charge < -0.3 is 15.0 Å². The van der Waals surface area contributed by atoms with Crippen LogP contribution in [0, 0.1) is 0 Å². The molecule has 2 aromatic carbocycles. The van der Waals surface area contributed by atoms with Crippen molar-refractivity contribution in [3.63, 3.8) is 0 Å². The maximum Gasteiger partial charge on any atom is 0.261 e. The molecule has 2 aromatic rings. The van der Waals surface area contributed by atoms with Crippen LogP contribution in [0.15, 0.2) is 53.0 Å². The summed E-state index contributed by atoms with van der Waals surface area (Å²) in [5, 5.41) is 3.35. The van der Waals surface area contributed by atoms with Crippen LogP contribution in [-0.2, 0) is 16.0 Å². The molecule has 162 valence electrons. The molecule has 2 rings (SSSR count). The van der Waals surface area contributed by atoms with Gasteiger partial charge in [-0.05, 0) is 57.9 Å². The van der Waals surface area contributed by atoms with Crippen LogP contribution in [0.1, 0.15) is 33.3 Å². The Morgan fingerprint density at radius 3 is 2.43 bits per heavy atom. The van der Waals surface area contributed by atoms with Crippen LogP contribution in [-0.4, -0.2) is 41.4 Å². The zero-order valence-corrected chi connectivity index (χ0v) is 20.1. The number of halogens is 2. The Balaban J connectivity index is 2.11. The minimum absolute atomic E-state index is 0.203. The summed E-state index contributed by atoms with van der Waals surface area (Å²) in [4.78, 5) is 27.3. The van der Waals surface area contributed by atoms with Crippen molar-refractivity contribution >= 4 is 39.3 Å². The highest BCUT2D eigenvalue weighted by Gasteiger charge is 2.28. The average Bonchev–Trinajstić information content (AvgIpc) is 2.66. The van der Waals surface area contributed by atoms with Crippen molar-refractivity contribution < 1.29 is 14.3 Å². The fourth-order valence-corrected chi connectivity index (χ4v) is 3.59. The quantitative estimate of drug-likeness (QED) is 0.569. The number of rotatable bonds is 8. The summed E-state index contributed by atoms with van der Waals surface area (Å²) in [5.74, 6) is -0.0601. The van der Waals surface area contributed by atoms with Gasteiger partial charge in [0.15, 0.2) is 6.61 Å². The molecule has 0 spiro atoms. The van der Waals surface area contributed by atoms with E-state index in [9.17, 15) is 9.59 Å². The number of carbonyl (C=O) groups excluding carboxylic acids is 2. The van der Waals surface area contributed by atoms with Crippen molar-refractivity contribution in [3.8, 4) is 5.75 Å².